The summed E-state index contributed by atoms with van der Waals surface area (Å²) in [6.45, 7) is 3.69. The Morgan fingerprint density at radius 3 is 3.00 bits per heavy atom. The van der Waals surface area contributed by atoms with Gasteiger partial charge in [0.15, 0.2) is 5.82 Å². The fraction of sp³-hybridized carbons (Fsp3) is 0.778. The van der Waals surface area contributed by atoms with E-state index in [-0.39, 0.29) is 0 Å². The van der Waals surface area contributed by atoms with Crippen LogP contribution in [0.2, 0.25) is 0 Å². The predicted molar refractivity (Wildman–Crippen MR) is 49.3 cm³/mol. The van der Waals surface area contributed by atoms with Crippen molar-refractivity contribution in [1.29, 1.82) is 0 Å². The first-order valence-electron chi connectivity index (χ1n) is 5.03. The van der Waals surface area contributed by atoms with Crippen molar-refractivity contribution in [3.05, 3.63) is 11.7 Å². The highest BCUT2D eigenvalue weighted by molar-refractivity contribution is 5.07. The molecule has 3 fully saturated rings. The number of aryl methyl sites for hydroxylation is 1. The lowest BCUT2D eigenvalue weighted by atomic mass is 9.81. The van der Waals surface area contributed by atoms with Gasteiger partial charge >= 0.3 is 0 Å². The minimum absolute atomic E-state index is 0.374. The Morgan fingerprint density at radius 1 is 1.64 bits per heavy atom. The van der Waals surface area contributed by atoms with Gasteiger partial charge < -0.3 is 10.3 Å². The average molecular weight is 194 g/mol. The van der Waals surface area contributed by atoms with Crippen LogP contribution in [0.1, 0.15) is 18.1 Å². The molecule has 3 heterocycles. The van der Waals surface area contributed by atoms with Gasteiger partial charge in [-0.1, -0.05) is 5.16 Å². The third-order valence-corrected chi connectivity index (χ3v) is 3.38. The first kappa shape index (κ1) is 8.38. The van der Waals surface area contributed by atoms with Crippen molar-refractivity contribution in [3.63, 3.8) is 0 Å². The highest BCUT2D eigenvalue weighted by Gasteiger charge is 2.49. The summed E-state index contributed by atoms with van der Waals surface area (Å²) in [5, 5.41) is 3.77. The summed E-state index contributed by atoms with van der Waals surface area (Å²) < 4.78 is 5.08. The maximum Gasteiger partial charge on any atom is 0.240 e. The highest BCUT2D eigenvalue weighted by atomic mass is 16.5. The summed E-state index contributed by atoms with van der Waals surface area (Å²) in [6, 6.07) is 0.922. The van der Waals surface area contributed by atoms with Crippen molar-refractivity contribution in [2.24, 2.45) is 11.7 Å². The van der Waals surface area contributed by atoms with Crippen LogP contribution in [0.5, 0.6) is 0 Å². The molecule has 5 heteroatoms. The summed E-state index contributed by atoms with van der Waals surface area (Å²) in [7, 11) is 0. The molecule has 3 aliphatic rings. The molecule has 2 bridgehead atoms. The molecule has 5 nitrogen and oxygen atoms in total. The van der Waals surface area contributed by atoms with Crippen molar-refractivity contribution in [2.45, 2.75) is 32.0 Å². The number of rotatable bonds is 2. The third kappa shape index (κ3) is 1.09. The molecule has 2 N–H and O–H groups in total. The Labute approximate surface area is 82.3 Å². The molecule has 1 aliphatic carbocycles. The molecule has 0 spiro atoms. The minimum Gasteiger partial charge on any atom is -0.338 e. The fourth-order valence-corrected chi connectivity index (χ4v) is 2.53. The molecule has 2 saturated heterocycles. The first-order valence-corrected chi connectivity index (χ1v) is 5.03. The summed E-state index contributed by atoms with van der Waals surface area (Å²) in [6.07, 6.45) is 1.24. The maximum atomic E-state index is 5.97. The zero-order valence-electron chi connectivity index (χ0n) is 8.18. The number of hydrogen-bond donors (Lipinski definition) is 1. The summed E-state index contributed by atoms with van der Waals surface area (Å²) in [5.41, 5.74) is 5.97. The van der Waals surface area contributed by atoms with Crippen LogP contribution in [0.4, 0.5) is 0 Å². The van der Waals surface area contributed by atoms with Crippen LogP contribution >= 0.6 is 0 Å². The zero-order valence-corrected chi connectivity index (χ0v) is 8.18. The summed E-state index contributed by atoms with van der Waals surface area (Å²) in [4.78, 5) is 6.54. The van der Waals surface area contributed by atoms with Crippen molar-refractivity contribution >= 4 is 0 Å². The van der Waals surface area contributed by atoms with Gasteiger partial charge in [-0.15, -0.1) is 0 Å². The monoisotopic (exact) mass is 194 g/mol. The zero-order chi connectivity index (χ0) is 9.71. The van der Waals surface area contributed by atoms with Crippen molar-refractivity contribution < 1.29 is 4.52 Å². The molecule has 0 radical (unpaired) electrons. The molecule has 1 aromatic heterocycles. The van der Waals surface area contributed by atoms with Crippen LogP contribution < -0.4 is 5.73 Å². The van der Waals surface area contributed by atoms with Gasteiger partial charge in [-0.25, -0.2) is 0 Å². The number of fused-ring (bicyclic) bond motifs is 1. The van der Waals surface area contributed by atoms with Gasteiger partial charge in [0.05, 0.1) is 6.54 Å². The average Bonchev–Trinajstić information content (AvgIpc) is 2.79. The van der Waals surface area contributed by atoms with E-state index in [1.165, 1.54) is 6.42 Å². The molecule has 2 aliphatic heterocycles. The molecule has 14 heavy (non-hydrogen) atoms. The van der Waals surface area contributed by atoms with E-state index in [2.05, 4.69) is 15.0 Å². The predicted octanol–water partition coefficient (Wildman–Crippen LogP) is -0.0906. The smallest absolute Gasteiger partial charge is 0.240 e. The summed E-state index contributed by atoms with van der Waals surface area (Å²) >= 11 is 0. The first-order chi connectivity index (χ1) is 6.74. The van der Waals surface area contributed by atoms with Gasteiger partial charge in [-0.05, 0) is 19.3 Å². The lowest BCUT2D eigenvalue weighted by molar-refractivity contribution is 0.189. The fourth-order valence-electron chi connectivity index (χ4n) is 2.53. The second-order valence-electron chi connectivity index (χ2n) is 4.31. The second-order valence-corrected chi connectivity index (χ2v) is 4.31. The van der Waals surface area contributed by atoms with E-state index >= 15 is 0 Å². The lowest BCUT2D eigenvalue weighted by Gasteiger charge is -2.33. The van der Waals surface area contributed by atoms with Gasteiger partial charge in [0, 0.05) is 18.6 Å². The maximum absolute atomic E-state index is 5.97. The van der Waals surface area contributed by atoms with Crippen LogP contribution in [0.3, 0.4) is 0 Å². The van der Waals surface area contributed by atoms with Gasteiger partial charge in [-0.3, -0.25) is 4.90 Å². The van der Waals surface area contributed by atoms with Gasteiger partial charge in [0.1, 0.15) is 0 Å². The van der Waals surface area contributed by atoms with E-state index < -0.39 is 0 Å². The topological polar surface area (TPSA) is 68.2 Å². The van der Waals surface area contributed by atoms with E-state index in [1.807, 2.05) is 6.92 Å². The van der Waals surface area contributed by atoms with Gasteiger partial charge in [-0.2, -0.15) is 4.98 Å². The number of hydrogen-bond acceptors (Lipinski definition) is 5. The van der Waals surface area contributed by atoms with E-state index in [4.69, 9.17) is 10.3 Å². The van der Waals surface area contributed by atoms with Crippen LogP contribution in [-0.4, -0.2) is 33.7 Å². The number of nitrogens with two attached hydrogens (primary N) is 1. The Balaban J connectivity index is 1.69. The number of nitrogens with zero attached hydrogens (tertiary/aromatic N) is 3. The molecule has 3 unspecified atom stereocenters. The van der Waals surface area contributed by atoms with Gasteiger partial charge in [0.2, 0.25) is 5.89 Å². The van der Waals surface area contributed by atoms with Crippen molar-refractivity contribution in [3.8, 4) is 0 Å². The largest absolute Gasteiger partial charge is 0.338 e. The van der Waals surface area contributed by atoms with Crippen molar-refractivity contribution in [1.82, 2.24) is 15.0 Å². The quantitative estimate of drug-likeness (QED) is 0.712. The molecule has 76 valence electrons. The van der Waals surface area contributed by atoms with E-state index in [0.717, 1.165) is 13.1 Å². The third-order valence-electron chi connectivity index (χ3n) is 3.38. The molecule has 1 saturated carbocycles. The molecule has 4 rings (SSSR count). The Hall–Kier alpha value is -0.940. The lowest BCUT2D eigenvalue weighted by Crippen LogP contribution is -2.49. The second kappa shape index (κ2) is 2.77. The minimum atomic E-state index is 0.374. The normalized spacial score (nSPS) is 36.0. The van der Waals surface area contributed by atoms with Gasteiger partial charge in [0.25, 0.3) is 0 Å². The Kier molecular flexibility index (Phi) is 1.66. The Morgan fingerprint density at radius 2 is 2.50 bits per heavy atom. The molecule has 0 aromatic carbocycles. The molecular weight excluding hydrogens is 180 g/mol. The van der Waals surface area contributed by atoms with E-state index in [1.54, 1.807) is 0 Å². The molecular formula is C9H14N4O. The van der Waals surface area contributed by atoms with E-state index in [0.29, 0.717) is 29.7 Å². The SMILES string of the molecule is Cc1noc(CN2CC3CC2C3N)n1. The van der Waals surface area contributed by atoms with Crippen LogP contribution in [-0.2, 0) is 6.54 Å². The molecule has 1 aromatic rings. The Bertz CT molecular complexity index is 350. The molecule has 0 amide bonds. The van der Waals surface area contributed by atoms with Crippen LogP contribution in [0.15, 0.2) is 4.52 Å². The van der Waals surface area contributed by atoms with Crippen LogP contribution in [0, 0.1) is 12.8 Å². The van der Waals surface area contributed by atoms with Crippen LogP contribution in [0.25, 0.3) is 0 Å². The highest BCUT2D eigenvalue weighted by Crippen LogP contribution is 2.40. The molecule has 3 atom stereocenters. The van der Waals surface area contributed by atoms with E-state index in [9.17, 15) is 0 Å². The standard InChI is InChI=1S/C9H14N4O/c1-5-11-8(14-12-5)4-13-3-6-2-7(13)9(6)10/h6-7,9H,2-4,10H2,1H3. The van der Waals surface area contributed by atoms with Crippen molar-refractivity contribution in [2.75, 3.05) is 6.54 Å². The summed E-state index contributed by atoms with van der Waals surface area (Å²) in [5.74, 6) is 2.11. The number of aromatic nitrogens is 2.